The Morgan fingerprint density at radius 1 is 1.35 bits per heavy atom. The van der Waals surface area contributed by atoms with Crippen molar-refractivity contribution in [3.63, 3.8) is 0 Å². The average Bonchev–Trinajstić information content (AvgIpc) is 2.94. The van der Waals surface area contributed by atoms with Gasteiger partial charge in [0.15, 0.2) is 0 Å². The molecule has 20 heavy (non-hydrogen) atoms. The van der Waals surface area contributed by atoms with Gasteiger partial charge in [0.05, 0.1) is 12.7 Å². The summed E-state index contributed by atoms with van der Waals surface area (Å²) >= 11 is 0. The number of aliphatic carboxylic acids is 1. The first kappa shape index (κ1) is 15.0. The summed E-state index contributed by atoms with van der Waals surface area (Å²) in [6, 6.07) is 7.15. The third kappa shape index (κ3) is 4.59. The minimum absolute atomic E-state index is 0.239. The topological polar surface area (TPSA) is 81.8 Å². The van der Waals surface area contributed by atoms with E-state index in [0.717, 1.165) is 24.8 Å². The van der Waals surface area contributed by atoms with E-state index >= 15 is 0 Å². The van der Waals surface area contributed by atoms with Gasteiger partial charge in [-0.2, -0.15) is 0 Å². The highest BCUT2D eigenvalue weighted by molar-refractivity contribution is 5.73. The number of hydrogen-bond donors (Lipinski definition) is 2. The first-order valence-electron chi connectivity index (χ1n) is 6.90. The van der Waals surface area contributed by atoms with Gasteiger partial charge in [-0.05, 0) is 36.8 Å². The van der Waals surface area contributed by atoms with E-state index in [0.29, 0.717) is 19.8 Å². The molecule has 1 aliphatic rings. The minimum Gasteiger partial charge on any atom is -0.480 e. The van der Waals surface area contributed by atoms with E-state index < -0.39 is 12.0 Å². The van der Waals surface area contributed by atoms with Crippen molar-refractivity contribution in [3.05, 3.63) is 35.4 Å². The Balaban J connectivity index is 1.74. The van der Waals surface area contributed by atoms with Crippen LogP contribution in [0.5, 0.6) is 0 Å². The molecule has 2 rings (SSSR count). The molecule has 0 spiro atoms. The number of carbonyl (C=O) groups is 1. The molecule has 0 amide bonds. The Kier molecular flexibility index (Phi) is 5.52. The van der Waals surface area contributed by atoms with Gasteiger partial charge in [0.2, 0.25) is 0 Å². The van der Waals surface area contributed by atoms with Crippen LogP contribution in [-0.4, -0.2) is 36.6 Å². The number of carboxylic acids is 1. The highest BCUT2D eigenvalue weighted by atomic mass is 16.7. The number of benzene rings is 1. The standard InChI is InChI=1S/C15H21NO4/c16-14(15(17)18)8-12-6-4-11(5-7-12)2-1-3-13-9-19-10-20-13/h4-7,13-14H,1-3,8-10,16H2,(H,17,18). The molecule has 1 aliphatic heterocycles. The molecule has 1 aromatic rings. The van der Waals surface area contributed by atoms with Gasteiger partial charge in [0.25, 0.3) is 0 Å². The van der Waals surface area contributed by atoms with E-state index in [2.05, 4.69) is 0 Å². The van der Waals surface area contributed by atoms with Gasteiger partial charge >= 0.3 is 5.97 Å². The number of carboxylic acid groups (broad SMARTS) is 1. The molecule has 5 heteroatoms. The molecule has 2 unspecified atom stereocenters. The Bertz CT molecular complexity index is 426. The Morgan fingerprint density at radius 3 is 2.65 bits per heavy atom. The molecular weight excluding hydrogens is 258 g/mol. The summed E-state index contributed by atoms with van der Waals surface area (Å²) in [5, 5.41) is 8.77. The van der Waals surface area contributed by atoms with Crippen LogP contribution >= 0.6 is 0 Å². The van der Waals surface area contributed by atoms with Gasteiger partial charge in [-0.25, -0.2) is 0 Å². The molecule has 5 nitrogen and oxygen atoms in total. The maximum Gasteiger partial charge on any atom is 0.320 e. The van der Waals surface area contributed by atoms with Crippen molar-refractivity contribution in [1.29, 1.82) is 0 Å². The third-order valence-electron chi connectivity index (χ3n) is 3.48. The number of nitrogens with two attached hydrogens (primary N) is 1. The number of ether oxygens (including phenoxy) is 2. The fourth-order valence-electron chi connectivity index (χ4n) is 2.26. The number of aryl methyl sites for hydroxylation is 1. The predicted octanol–water partition coefficient (Wildman–Crippen LogP) is 1.34. The molecule has 1 aromatic carbocycles. The summed E-state index contributed by atoms with van der Waals surface area (Å²) in [5.74, 6) is -0.965. The predicted molar refractivity (Wildman–Crippen MR) is 74.4 cm³/mol. The molecule has 1 heterocycles. The van der Waals surface area contributed by atoms with E-state index in [-0.39, 0.29) is 6.10 Å². The van der Waals surface area contributed by atoms with Crippen molar-refractivity contribution < 1.29 is 19.4 Å². The Labute approximate surface area is 118 Å². The highest BCUT2D eigenvalue weighted by Gasteiger charge is 2.15. The van der Waals surface area contributed by atoms with Crippen LogP contribution in [0.2, 0.25) is 0 Å². The molecule has 2 atom stereocenters. The molecule has 1 saturated heterocycles. The second kappa shape index (κ2) is 7.38. The van der Waals surface area contributed by atoms with Gasteiger partial charge in [0.1, 0.15) is 12.8 Å². The molecule has 110 valence electrons. The second-order valence-corrected chi connectivity index (χ2v) is 5.13. The Hall–Kier alpha value is -1.43. The van der Waals surface area contributed by atoms with Crippen LogP contribution in [0.25, 0.3) is 0 Å². The normalized spacial score (nSPS) is 19.9. The fourth-order valence-corrected chi connectivity index (χ4v) is 2.26. The molecule has 0 radical (unpaired) electrons. The van der Waals surface area contributed by atoms with E-state index in [4.69, 9.17) is 20.3 Å². The van der Waals surface area contributed by atoms with Crippen molar-refractivity contribution >= 4 is 5.97 Å². The molecule has 1 fully saturated rings. The first-order chi connectivity index (χ1) is 9.65. The van der Waals surface area contributed by atoms with Gasteiger partial charge in [-0.15, -0.1) is 0 Å². The summed E-state index contributed by atoms with van der Waals surface area (Å²) in [5.41, 5.74) is 7.71. The average molecular weight is 279 g/mol. The van der Waals surface area contributed by atoms with Crippen molar-refractivity contribution in [2.24, 2.45) is 5.73 Å². The molecule has 0 bridgehead atoms. The van der Waals surface area contributed by atoms with Crippen LogP contribution in [0.1, 0.15) is 24.0 Å². The largest absolute Gasteiger partial charge is 0.480 e. The monoisotopic (exact) mass is 279 g/mol. The van der Waals surface area contributed by atoms with Gasteiger partial charge in [0, 0.05) is 0 Å². The lowest BCUT2D eigenvalue weighted by atomic mass is 10.0. The Morgan fingerprint density at radius 2 is 2.05 bits per heavy atom. The van der Waals surface area contributed by atoms with Gasteiger partial charge in [-0.1, -0.05) is 24.3 Å². The van der Waals surface area contributed by atoms with E-state index in [9.17, 15) is 4.79 Å². The zero-order chi connectivity index (χ0) is 14.4. The molecule has 3 N–H and O–H groups in total. The van der Waals surface area contributed by atoms with E-state index in [1.165, 1.54) is 5.56 Å². The van der Waals surface area contributed by atoms with E-state index in [1.54, 1.807) is 0 Å². The number of rotatable bonds is 7. The summed E-state index contributed by atoms with van der Waals surface area (Å²) in [7, 11) is 0. The lowest BCUT2D eigenvalue weighted by Crippen LogP contribution is -2.32. The molecule has 0 aliphatic carbocycles. The van der Waals surface area contributed by atoms with Crippen molar-refractivity contribution in [1.82, 2.24) is 0 Å². The lowest BCUT2D eigenvalue weighted by Gasteiger charge is -2.09. The van der Waals surface area contributed by atoms with E-state index in [1.807, 2.05) is 24.3 Å². The van der Waals surface area contributed by atoms with Crippen LogP contribution in [-0.2, 0) is 27.1 Å². The van der Waals surface area contributed by atoms with Crippen LogP contribution < -0.4 is 5.73 Å². The third-order valence-corrected chi connectivity index (χ3v) is 3.48. The van der Waals surface area contributed by atoms with Crippen molar-refractivity contribution in [2.45, 2.75) is 37.8 Å². The summed E-state index contributed by atoms with van der Waals surface area (Å²) in [4.78, 5) is 10.7. The zero-order valence-corrected chi connectivity index (χ0v) is 11.5. The first-order valence-corrected chi connectivity index (χ1v) is 6.90. The van der Waals surface area contributed by atoms with Crippen LogP contribution in [0.4, 0.5) is 0 Å². The zero-order valence-electron chi connectivity index (χ0n) is 11.5. The van der Waals surface area contributed by atoms with Gasteiger partial charge in [-0.3, -0.25) is 4.79 Å². The van der Waals surface area contributed by atoms with Crippen LogP contribution in [0, 0.1) is 0 Å². The van der Waals surface area contributed by atoms with Crippen molar-refractivity contribution in [3.8, 4) is 0 Å². The van der Waals surface area contributed by atoms with Crippen LogP contribution in [0.3, 0.4) is 0 Å². The molecular formula is C15H21NO4. The van der Waals surface area contributed by atoms with Gasteiger partial charge < -0.3 is 20.3 Å². The molecule has 0 saturated carbocycles. The summed E-state index contributed by atoms with van der Waals surface area (Å²) < 4.78 is 10.5. The highest BCUT2D eigenvalue weighted by Crippen LogP contribution is 2.14. The fraction of sp³-hybridized carbons (Fsp3) is 0.533. The van der Waals surface area contributed by atoms with Crippen molar-refractivity contribution in [2.75, 3.05) is 13.4 Å². The number of hydrogen-bond acceptors (Lipinski definition) is 4. The smallest absolute Gasteiger partial charge is 0.320 e. The summed E-state index contributed by atoms with van der Waals surface area (Å²) in [6.45, 7) is 1.12. The summed E-state index contributed by atoms with van der Waals surface area (Å²) in [6.07, 6.45) is 3.66. The maximum atomic E-state index is 10.7. The quantitative estimate of drug-likeness (QED) is 0.787. The lowest BCUT2D eigenvalue weighted by molar-refractivity contribution is -0.138. The molecule has 0 aromatic heterocycles. The minimum atomic E-state index is -0.965. The maximum absolute atomic E-state index is 10.7. The SMILES string of the molecule is NC(Cc1ccc(CCCC2COCO2)cc1)C(=O)O. The second-order valence-electron chi connectivity index (χ2n) is 5.13. The van der Waals surface area contributed by atoms with Crippen LogP contribution in [0.15, 0.2) is 24.3 Å².